The summed E-state index contributed by atoms with van der Waals surface area (Å²) in [5, 5.41) is 0. The molecular weight excluding hydrogens is 276 g/mol. The van der Waals surface area contributed by atoms with Gasteiger partial charge in [-0.2, -0.15) is 0 Å². The van der Waals surface area contributed by atoms with Crippen LogP contribution in [0.5, 0.6) is 5.75 Å². The number of carbonyl (C=O) groups excluding carboxylic acids is 1. The van der Waals surface area contributed by atoms with Crippen molar-refractivity contribution in [1.82, 2.24) is 9.88 Å². The Balaban J connectivity index is 1.58. The molecule has 4 heteroatoms. The Hall–Kier alpha value is -2.36. The summed E-state index contributed by atoms with van der Waals surface area (Å²) in [7, 11) is 0. The second kappa shape index (κ2) is 5.44. The van der Waals surface area contributed by atoms with Gasteiger partial charge in [-0.15, -0.1) is 0 Å². The standard InChI is InChI=1S/C18H18N2O2/c21-18(15-1-4-17-14(11-15)7-10-22-17)20(16-2-3-16)12-13-5-8-19-9-6-13/h1,4-6,8-9,11,16H,2-3,7,10,12H2. The van der Waals surface area contributed by atoms with Crippen LogP contribution in [0.4, 0.5) is 0 Å². The molecule has 4 rings (SSSR count). The third-order valence-corrected chi connectivity index (χ3v) is 4.29. The zero-order valence-electron chi connectivity index (χ0n) is 12.4. The van der Waals surface area contributed by atoms with Gasteiger partial charge in [0, 0.05) is 37.0 Å². The summed E-state index contributed by atoms with van der Waals surface area (Å²) in [6.45, 7) is 1.37. The van der Waals surface area contributed by atoms with Gasteiger partial charge in [-0.3, -0.25) is 9.78 Å². The minimum Gasteiger partial charge on any atom is -0.493 e. The van der Waals surface area contributed by atoms with Crippen LogP contribution < -0.4 is 4.74 Å². The molecule has 112 valence electrons. The first-order valence-corrected chi connectivity index (χ1v) is 7.77. The van der Waals surface area contributed by atoms with Crippen molar-refractivity contribution in [3.05, 3.63) is 59.4 Å². The number of hydrogen-bond acceptors (Lipinski definition) is 3. The lowest BCUT2D eigenvalue weighted by Gasteiger charge is -2.23. The molecule has 1 aromatic heterocycles. The summed E-state index contributed by atoms with van der Waals surface area (Å²) in [4.78, 5) is 18.9. The van der Waals surface area contributed by atoms with Gasteiger partial charge in [0.1, 0.15) is 5.75 Å². The largest absolute Gasteiger partial charge is 0.493 e. The van der Waals surface area contributed by atoms with E-state index < -0.39 is 0 Å². The first-order chi connectivity index (χ1) is 10.8. The molecule has 1 aromatic carbocycles. The normalized spacial score (nSPS) is 16.0. The number of nitrogens with zero attached hydrogens (tertiary/aromatic N) is 2. The second-order valence-electron chi connectivity index (χ2n) is 5.94. The first-order valence-electron chi connectivity index (χ1n) is 7.77. The maximum absolute atomic E-state index is 12.9. The number of carbonyl (C=O) groups is 1. The third-order valence-electron chi connectivity index (χ3n) is 4.29. The highest BCUT2D eigenvalue weighted by molar-refractivity contribution is 5.95. The van der Waals surface area contributed by atoms with Crippen molar-refractivity contribution in [2.45, 2.75) is 31.8 Å². The zero-order chi connectivity index (χ0) is 14.9. The number of pyridine rings is 1. The molecule has 2 heterocycles. The summed E-state index contributed by atoms with van der Waals surface area (Å²) in [5.74, 6) is 1.04. The number of benzene rings is 1. The summed E-state index contributed by atoms with van der Waals surface area (Å²) in [6.07, 6.45) is 6.65. The van der Waals surface area contributed by atoms with E-state index in [1.807, 2.05) is 35.2 Å². The van der Waals surface area contributed by atoms with Crippen molar-refractivity contribution in [2.24, 2.45) is 0 Å². The molecular formula is C18H18N2O2. The van der Waals surface area contributed by atoms with Crippen LogP contribution in [0.1, 0.15) is 34.3 Å². The van der Waals surface area contributed by atoms with Gasteiger partial charge in [0.15, 0.2) is 0 Å². The van der Waals surface area contributed by atoms with E-state index in [1.54, 1.807) is 12.4 Å². The van der Waals surface area contributed by atoms with E-state index >= 15 is 0 Å². The number of aromatic nitrogens is 1. The Morgan fingerprint density at radius 3 is 2.82 bits per heavy atom. The van der Waals surface area contributed by atoms with E-state index in [4.69, 9.17) is 4.74 Å². The molecule has 2 aromatic rings. The third kappa shape index (κ3) is 2.56. The van der Waals surface area contributed by atoms with E-state index in [1.165, 1.54) is 0 Å². The quantitative estimate of drug-likeness (QED) is 0.871. The van der Waals surface area contributed by atoms with Gasteiger partial charge >= 0.3 is 0 Å². The van der Waals surface area contributed by atoms with Crippen LogP contribution in [-0.4, -0.2) is 28.4 Å². The van der Waals surface area contributed by atoms with Crippen molar-refractivity contribution in [2.75, 3.05) is 6.61 Å². The van der Waals surface area contributed by atoms with Crippen molar-refractivity contribution in [3.63, 3.8) is 0 Å². The van der Waals surface area contributed by atoms with Crippen LogP contribution in [0.2, 0.25) is 0 Å². The SMILES string of the molecule is O=C(c1ccc2c(c1)CCO2)N(Cc1ccncc1)C1CC1. The fourth-order valence-electron chi connectivity index (χ4n) is 2.92. The van der Waals surface area contributed by atoms with Crippen molar-refractivity contribution >= 4 is 5.91 Å². The Bertz CT molecular complexity index is 695. The van der Waals surface area contributed by atoms with E-state index in [0.29, 0.717) is 12.6 Å². The zero-order valence-corrected chi connectivity index (χ0v) is 12.4. The van der Waals surface area contributed by atoms with Gasteiger partial charge in [0.05, 0.1) is 6.61 Å². The van der Waals surface area contributed by atoms with Crippen LogP contribution in [0, 0.1) is 0 Å². The highest BCUT2D eigenvalue weighted by atomic mass is 16.5. The predicted octanol–water partition coefficient (Wildman–Crippen LogP) is 2.82. The smallest absolute Gasteiger partial charge is 0.254 e. The number of ether oxygens (including phenoxy) is 1. The average molecular weight is 294 g/mol. The molecule has 0 unspecified atom stereocenters. The lowest BCUT2D eigenvalue weighted by Crippen LogP contribution is -2.32. The molecule has 1 saturated carbocycles. The topological polar surface area (TPSA) is 42.4 Å². The fourth-order valence-corrected chi connectivity index (χ4v) is 2.92. The van der Waals surface area contributed by atoms with Crippen LogP contribution in [-0.2, 0) is 13.0 Å². The van der Waals surface area contributed by atoms with Crippen LogP contribution in [0.3, 0.4) is 0 Å². The summed E-state index contributed by atoms with van der Waals surface area (Å²) < 4.78 is 5.52. The second-order valence-corrected chi connectivity index (χ2v) is 5.94. The van der Waals surface area contributed by atoms with Crippen LogP contribution >= 0.6 is 0 Å². The molecule has 0 radical (unpaired) electrons. The molecule has 0 bridgehead atoms. The Labute approximate surface area is 129 Å². The molecule has 1 aliphatic heterocycles. The molecule has 0 N–H and O–H groups in total. The van der Waals surface area contributed by atoms with Crippen molar-refractivity contribution < 1.29 is 9.53 Å². The van der Waals surface area contributed by atoms with E-state index in [9.17, 15) is 4.79 Å². The lowest BCUT2D eigenvalue weighted by atomic mass is 10.1. The maximum Gasteiger partial charge on any atom is 0.254 e. The van der Waals surface area contributed by atoms with Gasteiger partial charge in [-0.05, 0) is 54.3 Å². The maximum atomic E-state index is 12.9. The van der Waals surface area contributed by atoms with Gasteiger partial charge < -0.3 is 9.64 Å². The predicted molar refractivity (Wildman–Crippen MR) is 82.8 cm³/mol. The number of hydrogen-bond donors (Lipinski definition) is 0. The molecule has 22 heavy (non-hydrogen) atoms. The molecule has 0 saturated heterocycles. The first kappa shape index (κ1) is 13.3. The lowest BCUT2D eigenvalue weighted by molar-refractivity contribution is 0.0730. The van der Waals surface area contributed by atoms with Gasteiger partial charge in [-0.25, -0.2) is 0 Å². The minimum atomic E-state index is 0.119. The highest BCUT2D eigenvalue weighted by Gasteiger charge is 2.33. The number of amides is 1. The molecule has 1 aliphatic carbocycles. The minimum absolute atomic E-state index is 0.119. The molecule has 0 spiro atoms. The van der Waals surface area contributed by atoms with Gasteiger partial charge in [0.25, 0.3) is 5.91 Å². The fraction of sp³-hybridized carbons (Fsp3) is 0.333. The van der Waals surface area contributed by atoms with E-state index in [2.05, 4.69) is 4.98 Å². The van der Waals surface area contributed by atoms with E-state index in [-0.39, 0.29) is 5.91 Å². The molecule has 2 aliphatic rings. The number of fused-ring (bicyclic) bond motifs is 1. The van der Waals surface area contributed by atoms with Crippen molar-refractivity contribution in [3.8, 4) is 5.75 Å². The summed E-state index contributed by atoms with van der Waals surface area (Å²) in [5.41, 5.74) is 3.04. The monoisotopic (exact) mass is 294 g/mol. The van der Waals surface area contributed by atoms with Gasteiger partial charge in [0.2, 0.25) is 0 Å². The van der Waals surface area contributed by atoms with Crippen LogP contribution in [0.25, 0.3) is 0 Å². The molecule has 1 amide bonds. The Morgan fingerprint density at radius 1 is 1.23 bits per heavy atom. The average Bonchev–Trinajstić information content (AvgIpc) is 3.29. The highest BCUT2D eigenvalue weighted by Crippen LogP contribution is 2.31. The molecule has 4 nitrogen and oxygen atoms in total. The van der Waals surface area contributed by atoms with Gasteiger partial charge in [-0.1, -0.05) is 0 Å². The molecule has 1 fully saturated rings. The van der Waals surface area contributed by atoms with Crippen molar-refractivity contribution in [1.29, 1.82) is 0 Å². The Morgan fingerprint density at radius 2 is 2.05 bits per heavy atom. The summed E-state index contributed by atoms with van der Waals surface area (Å²) in [6, 6.07) is 10.1. The summed E-state index contributed by atoms with van der Waals surface area (Å²) >= 11 is 0. The van der Waals surface area contributed by atoms with Crippen LogP contribution in [0.15, 0.2) is 42.7 Å². The van der Waals surface area contributed by atoms with E-state index in [0.717, 1.165) is 48.3 Å². The number of rotatable bonds is 4. The molecule has 0 atom stereocenters. The Kier molecular flexibility index (Phi) is 3.29.